The quantitative estimate of drug-likeness (QED) is 0.885. The number of hydrogen-bond donors (Lipinski definition) is 1. The number of benzene rings is 1. The first-order valence-electron chi connectivity index (χ1n) is 6.65. The highest BCUT2D eigenvalue weighted by atomic mass is 16.3. The lowest BCUT2D eigenvalue weighted by Gasteiger charge is -2.34. The van der Waals surface area contributed by atoms with Gasteiger partial charge in [-0.2, -0.15) is 0 Å². The summed E-state index contributed by atoms with van der Waals surface area (Å²) in [7, 11) is 0. The second kappa shape index (κ2) is 5.25. The summed E-state index contributed by atoms with van der Waals surface area (Å²) in [4.78, 5) is 2.37. The van der Waals surface area contributed by atoms with Gasteiger partial charge in [0.15, 0.2) is 0 Å². The van der Waals surface area contributed by atoms with Crippen molar-refractivity contribution in [3.05, 3.63) is 41.5 Å². The lowest BCUT2D eigenvalue weighted by atomic mass is 9.98. The van der Waals surface area contributed by atoms with Crippen molar-refractivity contribution < 1.29 is 5.11 Å². The average Bonchev–Trinajstić information content (AvgIpc) is 2.57. The van der Waals surface area contributed by atoms with E-state index in [1.54, 1.807) is 0 Å². The minimum Gasteiger partial charge on any atom is -0.391 e. The second-order valence-electron chi connectivity index (χ2n) is 5.78. The van der Waals surface area contributed by atoms with Gasteiger partial charge in [0.2, 0.25) is 0 Å². The van der Waals surface area contributed by atoms with Crippen LogP contribution in [0.4, 0.5) is 0 Å². The average molecular weight is 245 g/mol. The summed E-state index contributed by atoms with van der Waals surface area (Å²) in [6, 6.07) is 10.4. The van der Waals surface area contributed by atoms with Crippen LogP contribution in [0.1, 0.15) is 32.8 Å². The van der Waals surface area contributed by atoms with Gasteiger partial charge in [-0.25, -0.2) is 0 Å². The fourth-order valence-electron chi connectivity index (χ4n) is 2.59. The molecule has 18 heavy (non-hydrogen) atoms. The van der Waals surface area contributed by atoms with Gasteiger partial charge in [-0.3, -0.25) is 4.90 Å². The van der Waals surface area contributed by atoms with Crippen LogP contribution in [0.2, 0.25) is 0 Å². The Morgan fingerprint density at radius 2 is 2.06 bits per heavy atom. The molecule has 0 bridgehead atoms. The Balaban J connectivity index is 2.04. The summed E-state index contributed by atoms with van der Waals surface area (Å²) >= 11 is 0. The largest absolute Gasteiger partial charge is 0.391 e. The van der Waals surface area contributed by atoms with E-state index >= 15 is 0 Å². The van der Waals surface area contributed by atoms with Crippen LogP contribution < -0.4 is 0 Å². The van der Waals surface area contributed by atoms with E-state index in [-0.39, 0.29) is 11.6 Å². The van der Waals surface area contributed by atoms with E-state index in [4.69, 9.17) is 0 Å². The smallest absolute Gasteiger partial charge is 0.0730 e. The SMILES string of the molecule is CC(=Cc1ccccc1)CN1CCC(O)C1(C)C. The van der Waals surface area contributed by atoms with E-state index in [0.717, 1.165) is 19.5 Å². The molecule has 1 aliphatic heterocycles. The molecule has 2 rings (SSSR count). The molecule has 0 spiro atoms. The van der Waals surface area contributed by atoms with Crippen LogP contribution in [0.5, 0.6) is 0 Å². The number of likely N-dealkylation sites (tertiary alicyclic amines) is 1. The first-order valence-corrected chi connectivity index (χ1v) is 6.65. The molecule has 1 unspecified atom stereocenters. The van der Waals surface area contributed by atoms with E-state index in [9.17, 15) is 5.11 Å². The number of nitrogens with zero attached hydrogens (tertiary/aromatic N) is 1. The molecule has 98 valence electrons. The van der Waals surface area contributed by atoms with E-state index in [2.05, 4.69) is 56.0 Å². The predicted octanol–water partition coefficient (Wildman–Crippen LogP) is 2.94. The molecule has 0 aromatic heterocycles. The van der Waals surface area contributed by atoms with Gasteiger partial charge in [0.1, 0.15) is 0 Å². The zero-order chi connectivity index (χ0) is 13.2. The third-order valence-electron chi connectivity index (χ3n) is 3.96. The summed E-state index contributed by atoms with van der Waals surface area (Å²) in [6.45, 7) is 8.32. The van der Waals surface area contributed by atoms with Crippen LogP contribution in [0.15, 0.2) is 35.9 Å². The van der Waals surface area contributed by atoms with Crippen LogP contribution in [-0.2, 0) is 0 Å². The van der Waals surface area contributed by atoms with Crippen molar-refractivity contribution in [1.29, 1.82) is 0 Å². The minimum absolute atomic E-state index is 0.105. The lowest BCUT2D eigenvalue weighted by molar-refractivity contribution is 0.0597. The zero-order valence-corrected chi connectivity index (χ0v) is 11.6. The first kappa shape index (κ1) is 13.3. The van der Waals surface area contributed by atoms with Crippen molar-refractivity contribution in [3.8, 4) is 0 Å². The van der Waals surface area contributed by atoms with Crippen molar-refractivity contribution >= 4 is 6.08 Å². The molecule has 0 aliphatic carbocycles. The molecular formula is C16H23NO. The van der Waals surface area contributed by atoms with Crippen LogP contribution in [-0.4, -0.2) is 34.7 Å². The third kappa shape index (κ3) is 2.82. The maximum Gasteiger partial charge on any atom is 0.0730 e. The number of aliphatic hydroxyl groups is 1. The monoisotopic (exact) mass is 245 g/mol. The Labute approximate surface area is 110 Å². The van der Waals surface area contributed by atoms with Crippen molar-refractivity contribution in [3.63, 3.8) is 0 Å². The molecule has 1 aromatic rings. The molecule has 1 saturated heterocycles. The summed E-state index contributed by atoms with van der Waals surface area (Å²) in [5.41, 5.74) is 2.47. The van der Waals surface area contributed by atoms with Gasteiger partial charge in [-0.05, 0) is 32.8 Å². The van der Waals surface area contributed by atoms with Gasteiger partial charge in [0, 0.05) is 18.6 Å². The molecule has 2 heteroatoms. The van der Waals surface area contributed by atoms with Crippen LogP contribution in [0.25, 0.3) is 6.08 Å². The molecule has 1 heterocycles. The first-order chi connectivity index (χ1) is 8.50. The maximum atomic E-state index is 9.97. The molecule has 0 amide bonds. The van der Waals surface area contributed by atoms with Gasteiger partial charge in [-0.1, -0.05) is 42.0 Å². The Bertz CT molecular complexity index is 422. The van der Waals surface area contributed by atoms with Crippen molar-refractivity contribution in [2.24, 2.45) is 0 Å². The fourth-order valence-corrected chi connectivity index (χ4v) is 2.59. The van der Waals surface area contributed by atoms with Gasteiger partial charge < -0.3 is 5.11 Å². The molecule has 1 N–H and O–H groups in total. The third-order valence-corrected chi connectivity index (χ3v) is 3.96. The lowest BCUT2D eigenvalue weighted by Crippen LogP contribution is -2.45. The minimum atomic E-state index is -0.206. The fraction of sp³-hybridized carbons (Fsp3) is 0.500. The number of rotatable bonds is 3. The standard InChI is InChI=1S/C16H23NO/c1-13(11-14-7-5-4-6-8-14)12-17-10-9-15(18)16(17,2)3/h4-8,11,15,18H,9-10,12H2,1-3H3. The summed E-state index contributed by atoms with van der Waals surface area (Å²) in [5.74, 6) is 0. The molecule has 1 aliphatic rings. The molecular weight excluding hydrogens is 222 g/mol. The van der Waals surface area contributed by atoms with Crippen LogP contribution >= 0.6 is 0 Å². The highest BCUT2D eigenvalue weighted by Gasteiger charge is 2.39. The molecule has 1 fully saturated rings. The van der Waals surface area contributed by atoms with Gasteiger partial charge in [0.25, 0.3) is 0 Å². The van der Waals surface area contributed by atoms with E-state index in [1.165, 1.54) is 11.1 Å². The second-order valence-corrected chi connectivity index (χ2v) is 5.78. The summed E-state index contributed by atoms with van der Waals surface area (Å²) < 4.78 is 0. The van der Waals surface area contributed by atoms with Crippen molar-refractivity contribution in [2.45, 2.75) is 38.8 Å². The van der Waals surface area contributed by atoms with Crippen LogP contribution in [0, 0.1) is 0 Å². The molecule has 2 nitrogen and oxygen atoms in total. The van der Waals surface area contributed by atoms with Crippen LogP contribution in [0.3, 0.4) is 0 Å². The predicted molar refractivity (Wildman–Crippen MR) is 76.4 cm³/mol. The van der Waals surface area contributed by atoms with E-state index < -0.39 is 0 Å². The summed E-state index contributed by atoms with van der Waals surface area (Å²) in [6.07, 6.45) is 2.90. The Morgan fingerprint density at radius 1 is 1.39 bits per heavy atom. The van der Waals surface area contributed by atoms with Gasteiger partial charge in [-0.15, -0.1) is 0 Å². The van der Waals surface area contributed by atoms with Gasteiger partial charge in [0.05, 0.1) is 6.10 Å². The molecule has 1 aromatic carbocycles. The summed E-state index contributed by atoms with van der Waals surface area (Å²) in [5, 5.41) is 9.97. The maximum absolute atomic E-state index is 9.97. The van der Waals surface area contributed by atoms with Crippen molar-refractivity contribution in [1.82, 2.24) is 4.90 Å². The van der Waals surface area contributed by atoms with Gasteiger partial charge >= 0.3 is 0 Å². The molecule has 0 saturated carbocycles. The molecule has 1 atom stereocenters. The Hall–Kier alpha value is -1.12. The highest BCUT2D eigenvalue weighted by Crippen LogP contribution is 2.29. The highest BCUT2D eigenvalue weighted by molar-refractivity contribution is 5.52. The number of hydrogen-bond acceptors (Lipinski definition) is 2. The van der Waals surface area contributed by atoms with E-state index in [1.807, 2.05) is 6.07 Å². The molecule has 0 radical (unpaired) electrons. The van der Waals surface area contributed by atoms with E-state index in [0.29, 0.717) is 0 Å². The topological polar surface area (TPSA) is 23.5 Å². The number of aliphatic hydroxyl groups excluding tert-OH is 1. The normalized spacial score (nSPS) is 24.4. The zero-order valence-electron chi connectivity index (χ0n) is 11.6. The van der Waals surface area contributed by atoms with Crippen molar-refractivity contribution in [2.75, 3.05) is 13.1 Å². The Kier molecular flexibility index (Phi) is 3.88. The Morgan fingerprint density at radius 3 is 2.61 bits per heavy atom.